The number of ether oxygens (including phenoxy) is 1. The van der Waals surface area contributed by atoms with Crippen molar-refractivity contribution in [2.45, 2.75) is 32.2 Å². The summed E-state index contributed by atoms with van der Waals surface area (Å²) in [5.41, 5.74) is 0. The lowest BCUT2D eigenvalue weighted by Crippen LogP contribution is -2.43. The van der Waals surface area contributed by atoms with Gasteiger partial charge < -0.3 is 15.0 Å². The molecule has 4 nitrogen and oxygen atoms in total. The number of nitrogens with one attached hydrogen (secondary N) is 1. The number of carbonyl (C=O) groups is 1. The van der Waals surface area contributed by atoms with Crippen LogP contribution in [0.15, 0.2) is 0 Å². The summed E-state index contributed by atoms with van der Waals surface area (Å²) in [7, 11) is 0. The van der Waals surface area contributed by atoms with Gasteiger partial charge in [-0.1, -0.05) is 6.92 Å². The zero-order chi connectivity index (χ0) is 12.5. The van der Waals surface area contributed by atoms with Gasteiger partial charge in [-0.25, -0.2) is 0 Å². The highest BCUT2D eigenvalue weighted by molar-refractivity contribution is 5.79. The number of hydrogen-bond donors (Lipinski definition) is 1. The second kappa shape index (κ2) is 5.17. The molecule has 18 heavy (non-hydrogen) atoms. The van der Waals surface area contributed by atoms with Crippen LogP contribution < -0.4 is 5.32 Å². The molecule has 0 saturated carbocycles. The van der Waals surface area contributed by atoms with Crippen LogP contribution in [0.2, 0.25) is 0 Å². The van der Waals surface area contributed by atoms with Crippen molar-refractivity contribution in [2.24, 2.45) is 17.8 Å². The van der Waals surface area contributed by atoms with Crippen molar-refractivity contribution in [3.05, 3.63) is 0 Å². The number of carbonyl (C=O) groups excluding carboxylic acids is 1. The molecule has 4 heteroatoms. The van der Waals surface area contributed by atoms with Gasteiger partial charge in [0.2, 0.25) is 5.91 Å². The quantitative estimate of drug-likeness (QED) is 0.753. The molecular formula is C14H24N2O2. The molecule has 3 fully saturated rings. The van der Waals surface area contributed by atoms with Crippen molar-refractivity contribution in [1.29, 1.82) is 0 Å². The van der Waals surface area contributed by atoms with E-state index in [4.69, 9.17) is 4.74 Å². The minimum Gasteiger partial charge on any atom is -0.381 e. The predicted octanol–water partition coefficient (Wildman–Crippen LogP) is 0.869. The molecule has 3 rings (SSSR count). The minimum absolute atomic E-state index is 0.193. The summed E-state index contributed by atoms with van der Waals surface area (Å²) in [6.45, 7) is 6.66. The average molecular weight is 252 g/mol. The molecule has 4 atom stereocenters. The second-order valence-corrected chi connectivity index (χ2v) is 6.15. The Morgan fingerprint density at radius 2 is 2.22 bits per heavy atom. The van der Waals surface area contributed by atoms with Crippen LogP contribution in [0.25, 0.3) is 0 Å². The Labute approximate surface area is 109 Å². The van der Waals surface area contributed by atoms with E-state index < -0.39 is 0 Å². The minimum atomic E-state index is 0.193. The van der Waals surface area contributed by atoms with Gasteiger partial charge in [-0.3, -0.25) is 4.79 Å². The molecule has 3 aliphatic rings. The van der Waals surface area contributed by atoms with Gasteiger partial charge >= 0.3 is 0 Å². The molecule has 1 amide bonds. The predicted molar refractivity (Wildman–Crippen MR) is 69.2 cm³/mol. The summed E-state index contributed by atoms with van der Waals surface area (Å²) < 4.78 is 5.44. The van der Waals surface area contributed by atoms with Crippen LogP contribution in [-0.2, 0) is 9.53 Å². The van der Waals surface area contributed by atoms with E-state index in [2.05, 4.69) is 17.1 Å². The molecule has 0 spiro atoms. The van der Waals surface area contributed by atoms with Crippen molar-refractivity contribution in [3.8, 4) is 0 Å². The second-order valence-electron chi connectivity index (χ2n) is 6.15. The van der Waals surface area contributed by atoms with Crippen molar-refractivity contribution < 1.29 is 9.53 Å². The smallest absolute Gasteiger partial charge is 0.226 e. The largest absolute Gasteiger partial charge is 0.381 e. The van der Waals surface area contributed by atoms with E-state index in [1.54, 1.807) is 0 Å². The summed E-state index contributed by atoms with van der Waals surface area (Å²) >= 11 is 0. The third kappa shape index (κ3) is 2.28. The SMILES string of the molecule is CC1COCCC1C(=O)N1CC2CCCNC2C1. The Morgan fingerprint density at radius 3 is 3.00 bits per heavy atom. The zero-order valence-electron chi connectivity index (χ0n) is 11.2. The van der Waals surface area contributed by atoms with E-state index in [0.717, 1.165) is 39.3 Å². The number of rotatable bonds is 1. The molecule has 102 valence electrons. The first-order chi connectivity index (χ1) is 8.75. The summed E-state index contributed by atoms with van der Waals surface area (Å²) in [4.78, 5) is 14.7. The number of hydrogen-bond acceptors (Lipinski definition) is 3. The summed E-state index contributed by atoms with van der Waals surface area (Å²) in [6, 6.07) is 0.554. The van der Waals surface area contributed by atoms with Crippen LogP contribution >= 0.6 is 0 Å². The number of fused-ring (bicyclic) bond motifs is 1. The number of amides is 1. The summed E-state index contributed by atoms with van der Waals surface area (Å²) in [5.74, 6) is 1.64. The third-order valence-electron chi connectivity index (χ3n) is 4.87. The molecular weight excluding hydrogens is 228 g/mol. The van der Waals surface area contributed by atoms with Crippen LogP contribution in [-0.4, -0.2) is 49.7 Å². The van der Waals surface area contributed by atoms with Gasteiger partial charge in [0.1, 0.15) is 0 Å². The molecule has 3 aliphatic heterocycles. The third-order valence-corrected chi connectivity index (χ3v) is 4.87. The molecule has 4 unspecified atom stereocenters. The highest BCUT2D eigenvalue weighted by Gasteiger charge is 2.40. The lowest BCUT2D eigenvalue weighted by atomic mass is 9.89. The fourth-order valence-electron chi connectivity index (χ4n) is 3.71. The van der Waals surface area contributed by atoms with E-state index in [-0.39, 0.29) is 5.92 Å². The maximum atomic E-state index is 12.6. The van der Waals surface area contributed by atoms with Crippen molar-refractivity contribution in [3.63, 3.8) is 0 Å². The molecule has 0 aromatic rings. The Kier molecular flexibility index (Phi) is 3.57. The first kappa shape index (κ1) is 12.4. The van der Waals surface area contributed by atoms with Gasteiger partial charge in [0.25, 0.3) is 0 Å². The van der Waals surface area contributed by atoms with Gasteiger partial charge in [-0.15, -0.1) is 0 Å². The van der Waals surface area contributed by atoms with E-state index in [1.165, 1.54) is 12.8 Å². The number of likely N-dealkylation sites (tertiary alicyclic amines) is 1. The Balaban J connectivity index is 1.62. The Bertz CT molecular complexity index is 307. The van der Waals surface area contributed by atoms with Crippen molar-refractivity contribution >= 4 is 5.91 Å². The van der Waals surface area contributed by atoms with E-state index in [1.807, 2.05) is 0 Å². The zero-order valence-corrected chi connectivity index (χ0v) is 11.2. The van der Waals surface area contributed by atoms with Gasteiger partial charge in [-0.2, -0.15) is 0 Å². The van der Waals surface area contributed by atoms with Gasteiger partial charge in [0.05, 0.1) is 0 Å². The first-order valence-corrected chi connectivity index (χ1v) is 7.35. The van der Waals surface area contributed by atoms with Crippen LogP contribution in [0.5, 0.6) is 0 Å². The normalized spacial score (nSPS) is 40.6. The molecule has 0 bridgehead atoms. The summed E-state index contributed by atoms with van der Waals surface area (Å²) in [5, 5.41) is 3.56. The molecule has 0 aromatic heterocycles. The molecule has 1 N–H and O–H groups in total. The topological polar surface area (TPSA) is 41.6 Å². The average Bonchev–Trinajstić information content (AvgIpc) is 2.82. The maximum absolute atomic E-state index is 12.6. The van der Waals surface area contributed by atoms with E-state index in [9.17, 15) is 4.79 Å². The lowest BCUT2D eigenvalue weighted by molar-refractivity contribution is -0.140. The maximum Gasteiger partial charge on any atom is 0.226 e. The molecule has 3 saturated heterocycles. The van der Waals surface area contributed by atoms with Crippen LogP contribution in [0, 0.1) is 17.8 Å². The number of nitrogens with zero attached hydrogens (tertiary/aromatic N) is 1. The van der Waals surface area contributed by atoms with Gasteiger partial charge in [0, 0.05) is 38.3 Å². The fourth-order valence-corrected chi connectivity index (χ4v) is 3.71. The highest BCUT2D eigenvalue weighted by atomic mass is 16.5. The van der Waals surface area contributed by atoms with Crippen LogP contribution in [0.1, 0.15) is 26.2 Å². The Hall–Kier alpha value is -0.610. The Morgan fingerprint density at radius 1 is 1.33 bits per heavy atom. The molecule has 3 heterocycles. The number of piperidine rings is 1. The highest BCUT2D eigenvalue weighted by Crippen LogP contribution is 2.29. The van der Waals surface area contributed by atoms with E-state index in [0.29, 0.717) is 23.8 Å². The lowest BCUT2D eigenvalue weighted by Gasteiger charge is -2.31. The standard InChI is InChI=1S/C14H24N2O2/c1-10-9-18-6-4-12(10)14(17)16-7-11-3-2-5-15-13(11)8-16/h10-13,15H,2-9H2,1H3. The van der Waals surface area contributed by atoms with Crippen LogP contribution in [0.3, 0.4) is 0 Å². The molecule has 0 aromatic carbocycles. The van der Waals surface area contributed by atoms with Gasteiger partial charge in [0.15, 0.2) is 0 Å². The van der Waals surface area contributed by atoms with E-state index >= 15 is 0 Å². The monoisotopic (exact) mass is 252 g/mol. The molecule has 0 radical (unpaired) electrons. The van der Waals surface area contributed by atoms with Crippen molar-refractivity contribution in [1.82, 2.24) is 10.2 Å². The fraction of sp³-hybridized carbons (Fsp3) is 0.929. The summed E-state index contributed by atoms with van der Waals surface area (Å²) in [6.07, 6.45) is 3.45. The van der Waals surface area contributed by atoms with Crippen LogP contribution in [0.4, 0.5) is 0 Å². The van der Waals surface area contributed by atoms with Crippen molar-refractivity contribution in [2.75, 3.05) is 32.8 Å². The molecule has 0 aliphatic carbocycles. The first-order valence-electron chi connectivity index (χ1n) is 7.35. The van der Waals surface area contributed by atoms with Gasteiger partial charge in [-0.05, 0) is 37.6 Å².